The second-order valence-electron chi connectivity index (χ2n) is 7.54. The molecule has 1 aliphatic rings. The van der Waals surface area contributed by atoms with Crippen molar-refractivity contribution < 1.29 is 4.79 Å². The van der Waals surface area contributed by atoms with Crippen molar-refractivity contribution in [1.82, 2.24) is 15.0 Å². The van der Waals surface area contributed by atoms with Crippen molar-refractivity contribution in [3.8, 4) is 11.4 Å². The van der Waals surface area contributed by atoms with Crippen LogP contribution in [0.15, 0.2) is 54.7 Å². The second kappa shape index (κ2) is 9.35. The lowest BCUT2D eigenvalue weighted by atomic mass is 9.96. The molecule has 1 aliphatic carbocycles. The Hall–Kier alpha value is -3.48. The fourth-order valence-electron chi connectivity index (χ4n) is 3.64. The van der Waals surface area contributed by atoms with E-state index in [2.05, 4.69) is 25.9 Å². The summed E-state index contributed by atoms with van der Waals surface area (Å²) in [7, 11) is 0. The molecule has 0 unspecified atom stereocenters. The molecule has 1 fully saturated rings. The van der Waals surface area contributed by atoms with Crippen LogP contribution in [0.3, 0.4) is 0 Å². The molecule has 3 aromatic rings. The van der Waals surface area contributed by atoms with Crippen LogP contribution in [0, 0.1) is 0 Å². The first-order valence-corrected chi connectivity index (χ1v) is 10.4. The minimum absolute atomic E-state index is 0.0926. The highest BCUT2D eigenvalue weighted by atomic mass is 16.1. The fourth-order valence-corrected chi connectivity index (χ4v) is 3.64. The lowest BCUT2D eigenvalue weighted by Crippen LogP contribution is -2.23. The van der Waals surface area contributed by atoms with Gasteiger partial charge in [-0.2, -0.15) is 4.98 Å². The van der Waals surface area contributed by atoms with Gasteiger partial charge in [0.2, 0.25) is 11.9 Å². The number of carbonyl (C=O) groups is 1. The van der Waals surface area contributed by atoms with Crippen LogP contribution in [0.25, 0.3) is 11.4 Å². The molecule has 0 bridgehead atoms. The Balaban J connectivity index is 1.59. The number of benzene rings is 1. The first-order chi connectivity index (χ1) is 14.7. The van der Waals surface area contributed by atoms with E-state index in [1.165, 1.54) is 26.2 Å². The zero-order valence-electron chi connectivity index (χ0n) is 17.1. The number of pyridine rings is 1. The number of hydrogen-bond donors (Lipinski definition) is 3. The first-order valence-electron chi connectivity index (χ1n) is 10.4. The van der Waals surface area contributed by atoms with Crippen LogP contribution < -0.4 is 16.0 Å². The van der Waals surface area contributed by atoms with Gasteiger partial charge >= 0.3 is 0 Å². The number of hydrogen-bond acceptors (Lipinski definition) is 6. The van der Waals surface area contributed by atoms with E-state index in [1.807, 2.05) is 48.5 Å². The maximum absolute atomic E-state index is 11.2. The lowest BCUT2D eigenvalue weighted by Gasteiger charge is -2.23. The van der Waals surface area contributed by atoms with Crippen molar-refractivity contribution in [1.29, 1.82) is 0 Å². The summed E-state index contributed by atoms with van der Waals surface area (Å²) in [5.41, 5.74) is 3.19. The smallest absolute Gasteiger partial charge is 0.225 e. The van der Waals surface area contributed by atoms with Crippen LogP contribution in [-0.2, 0) is 4.79 Å². The molecule has 7 nitrogen and oxygen atoms in total. The summed E-state index contributed by atoms with van der Waals surface area (Å²) in [6, 6.07) is 15.6. The molecule has 0 atom stereocenters. The normalized spacial score (nSPS) is 14.2. The van der Waals surface area contributed by atoms with Crippen LogP contribution in [0.2, 0.25) is 0 Å². The molecule has 0 aliphatic heterocycles. The third kappa shape index (κ3) is 5.31. The summed E-state index contributed by atoms with van der Waals surface area (Å²) in [6.07, 6.45) is 7.83. The molecular formula is C23H26N6O. The van der Waals surface area contributed by atoms with Gasteiger partial charge in [0.25, 0.3) is 0 Å². The van der Waals surface area contributed by atoms with E-state index in [9.17, 15) is 4.79 Å². The zero-order valence-corrected chi connectivity index (χ0v) is 17.1. The van der Waals surface area contributed by atoms with E-state index < -0.39 is 0 Å². The zero-order chi connectivity index (χ0) is 20.8. The Labute approximate surface area is 176 Å². The van der Waals surface area contributed by atoms with E-state index in [0.29, 0.717) is 17.8 Å². The van der Waals surface area contributed by atoms with Crippen molar-refractivity contribution >= 4 is 29.0 Å². The Morgan fingerprint density at radius 3 is 2.40 bits per heavy atom. The van der Waals surface area contributed by atoms with E-state index in [4.69, 9.17) is 4.98 Å². The number of nitrogens with one attached hydrogen (secondary N) is 3. The summed E-state index contributed by atoms with van der Waals surface area (Å²) in [5.74, 6) is 1.21. The molecule has 4 rings (SSSR count). The maximum Gasteiger partial charge on any atom is 0.225 e. The van der Waals surface area contributed by atoms with Gasteiger partial charge in [-0.1, -0.05) is 25.3 Å². The SMILES string of the molecule is CC(=O)Nc1ccc(Nc2cc(-c3ccccn3)nc(NC3CCCCC3)n2)cc1. The van der Waals surface area contributed by atoms with Gasteiger partial charge in [0.15, 0.2) is 0 Å². The Bertz CT molecular complexity index is 984. The average molecular weight is 403 g/mol. The molecule has 3 N–H and O–H groups in total. The summed E-state index contributed by atoms with van der Waals surface area (Å²) >= 11 is 0. The second-order valence-corrected chi connectivity index (χ2v) is 7.54. The van der Waals surface area contributed by atoms with Crippen molar-refractivity contribution in [3.05, 3.63) is 54.7 Å². The third-order valence-electron chi connectivity index (χ3n) is 5.07. The summed E-state index contributed by atoms with van der Waals surface area (Å²) in [5, 5.41) is 9.62. The van der Waals surface area contributed by atoms with E-state index in [0.717, 1.165) is 35.6 Å². The van der Waals surface area contributed by atoms with E-state index in [1.54, 1.807) is 6.20 Å². The van der Waals surface area contributed by atoms with Crippen LogP contribution in [0.1, 0.15) is 39.0 Å². The number of carbonyl (C=O) groups excluding carboxylic acids is 1. The van der Waals surface area contributed by atoms with E-state index >= 15 is 0 Å². The van der Waals surface area contributed by atoms with Crippen LogP contribution >= 0.6 is 0 Å². The van der Waals surface area contributed by atoms with Crippen LogP contribution in [0.5, 0.6) is 0 Å². The predicted octanol–water partition coefficient (Wildman–Crippen LogP) is 4.99. The highest BCUT2D eigenvalue weighted by molar-refractivity contribution is 5.88. The number of amides is 1. The average Bonchev–Trinajstić information content (AvgIpc) is 2.76. The van der Waals surface area contributed by atoms with Crippen LogP contribution in [-0.4, -0.2) is 26.9 Å². The number of rotatable bonds is 6. The molecule has 0 spiro atoms. The third-order valence-corrected chi connectivity index (χ3v) is 5.07. The summed E-state index contributed by atoms with van der Waals surface area (Å²) in [6.45, 7) is 1.49. The first kappa shape index (κ1) is 19.8. The topological polar surface area (TPSA) is 91.8 Å². The Morgan fingerprint density at radius 1 is 0.933 bits per heavy atom. The van der Waals surface area contributed by atoms with Crippen molar-refractivity contribution in [2.75, 3.05) is 16.0 Å². The fraction of sp³-hybridized carbons (Fsp3) is 0.304. The molecule has 0 saturated heterocycles. The molecule has 1 amide bonds. The van der Waals surface area contributed by atoms with Gasteiger partial charge in [0, 0.05) is 36.6 Å². The standard InChI is InChI=1S/C23H26N6O/c1-16(30)25-18-10-12-19(13-11-18)26-22-15-21(20-9-5-6-14-24-20)28-23(29-22)27-17-7-3-2-4-8-17/h5-6,9-15,17H,2-4,7-8H2,1H3,(H,25,30)(H2,26,27,28,29). The van der Waals surface area contributed by atoms with Gasteiger partial charge in [-0.15, -0.1) is 0 Å². The molecule has 7 heteroatoms. The van der Waals surface area contributed by atoms with Gasteiger partial charge < -0.3 is 16.0 Å². The molecule has 2 heterocycles. The largest absolute Gasteiger partial charge is 0.351 e. The van der Waals surface area contributed by atoms with Crippen molar-refractivity contribution in [2.45, 2.75) is 45.1 Å². The van der Waals surface area contributed by atoms with E-state index in [-0.39, 0.29) is 5.91 Å². The predicted molar refractivity (Wildman–Crippen MR) is 120 cm³/mol. The number of nitrogens with zero attached hydrogens (tertiary/aromatic N) is 3. The maximum atomic E-state index is 11.2. The van der Waals surface area contributed by atoms with Crippen molar-refractivity contribution in [2.24, 2.45) is 0 Å². The molecule has 1 aromatic carbocycles. The van der Waals surface area contributed by atoms with Gasteiger partial charge in [-0.25, -0.2) is 4.98 Å². The number of anilines is 4. The summed E-state index contributed by atoms with van der Waals surface area (Å²) in [4.78, 5) is 25.0. The van der Waals surface area contributed by atoms with Gasteiger partial charge in [0.1, 0.15) is 5.82 Å². The van der Waals surface area contributed by atoms with Gasteiger partial charge in [0.05, 0.1) is 11.4 Å². The highest BCUT2D eigenvalue weighted by Gasteiger charge is 2.16. The highest BCUT2D eigenvalue weighted by Crippen LogP contribution is 2.25. The molecule has 154 valence electrons. The molecular weight excluding hydrogens is 376 g/mol. The van der Waals surface area contributed by atoms with Crippen molar-refractivity contribution in [3.63, 3.8) is 0 Å². The van der Waals surface area contributed by atoms with Gasteiger partial charge in [-0.3, -0.25) is 9.78 Å². The lowest BCUT2D eigenvalue weighted by molar-refractivity contribution is -0.114. The molecule has 0 radical (unpaired) electrons. The van der Waals surface area contributed by atoms with Gasteiger partial charge in [-0.05, 0) is 49.2 Å². The Kier molecular flexibility index (Phi) is 6.17. The quantitative estimate of drug-likeness (QED) is 0.538. The van der Waals surface area contributed by atoms with Crippen LogP contribution in [0.4, 0.5) is 23.1 Å². The summed E-state index contributed by atoms with van der Waals surface area (Å²) < 4.78 is 0. The monoisotopic (exact) mass is 402 g/mol. The Morgan fingerprint density at radius 2 is 1.70 bits per heavy atom. The number of aromatic nitrogens is 3. The minimum Gasteiger partial charge on any atom is -0.351 e. The molecule has 2 aromatic heterocycles. The molecule has 1 saturated carbocycles. The molecule has 30 heavy (non-hydrogen) atoms. The minimum atomic E-state index is -0.0926.